The second kappa shape index (κ2) is 9.06. The number of imide groups is 1. The molecule has 0 atom stereocenters. The minimum Gasteiger partial charge on any atom is -0.385 e. The molecule has 0 saturated heterocycles. The summed E-state index contributed by atoms with van der Waals surface area (Å²) in [6.45, 7) is 2.44. The van der Waals surface area contributed by atoms with Crippen molar-refractivity contribution in [2.24, 2.45) is 0 Å². The summed E-state index contributed by atoms with van der Waals surface area (Å²) < 4.78 is 5.01. The van der Waals surface area contributed by atoms with Crippen molar-refractivity contribution in [3.05, 3.63) is 74.4 Å². The molecule has 1 aliphatic rings. The number of nitro groups is 1. The Hall–Kier alpha value is -3.23. The van der Waals surface area contributed by atoms with E-state index in [2.05, 4.69) is 5.32 Å². The Morgan fingerprint density at radius 2 is 1.83 bits per heavy atom. The third-order valence-electron chi connectivity index (χ3n) is 4.71. The van der Waals surface area contributed by atoms with Crippen molar-refractivity contribution in [2.45, 2.75) is 13.3 Å². The number of nitrogens with zero attached hydrogens (tertiary/aromatic N) is 2. The fourth-order valence-corrected chi connectivity index (χ4v) is 3.41. The largest absolute Gasteiger partial charge is 0.385 e. The number of nitro benzene ring substituents is 1. The van der Waals surface area contributed by atoms with Gasteiger partial charge in [-0.05, 0) is 54.8 Å². The molecule has 0 unspecified atom stereocenters. The van der Waals surface area contributed by atoms with E-state index in [4.69, 9.17) is 16.3 Å². The third kappa shape index (κ3) is 4.34. The highest BCUT2D eigenvalue weighted by Crippen LogP contribution is 2.32. The zero-order valence-corrected chi connectivity index (χ0v) is 17.2. The van der Waals surface area contributed by atoms with Gasteiger partial charge in [-0.25, -0.2) is 0 Å². The van der Waals surface area contributed by atoms with Crippen LogP contribution >= 0.6 is 11.6 Å². The van der Waals surface area contributed by atoms with Gasteiger partial charge in [-0.15, -0.1) is 0 Å². The van der Waals surface area contributed by atoms with Crippen LogP contribution in [0, 0.1) is 17.0 Å². The van der Waals surface area contributed by atoms with E-state index in [0.29, 0.717) is 29.3 Å². The topological polar surface area (TPSA) is 102 Å². The normalized spacial score (nSPS) is 13.9. The van der Waals surface area contributed by atoms with Crippen LogP contribution in [-0.4, -0.2) is 41.9 Å². The van der Waals surface area contributed by atoms with E-state index in [9.17, 15) is 19.7 Å². The standard InChI is InChI=1S/C21H20ClN3O5/c1-13-12-15(22)6-9-17(13)23-19-18(14-4-7-16(8-5-14)25(28)29)20(26)24(21(19)27)10-3-11-30-2/h4-9,12,23H,3,10-11H2,1-2H3. The van der Waals surface area contributed by atoms with Crippen molar-refractivity contribution in [1.29, 1.82) is 0 Å². The van der Waals surface area contributed by atoms with E-state index in [1.54, 1.807) is 25.3 Å². The molecule has 0 radical (unpaired) electrons. The minimum atomic E-state index is -0.521. The average molecular weight is 430 g/mol. The SMILES string of the molecule is COCCCN1C(=O)C(Nc2ccc(Cl)cc2C)=C(c2ccc([N+](=O)[O-])cc2)C1=O. The summed E-state index contributed by atoms with van der Waals surface area (Å²) in [4.78, 5) is 37.7. The van der Waals surface area contributed by atoms with Gasteiger partial charge in [-0.2, -0.15) is 0 Å². The third-order valence-corrected chi connectivity index (χ3v) is 4.95. The van der Waals surface area contributed by atoms with Crippen LogP contribution in [0.15, 0.2) is 48.2 Å². The molecule has 0 aromatic heterocycles. The molecule has 2 amide bonds. The Kier molecular flexibility index (Phi) is 6.49. The van der Waals surface area contributed by atoms with Gasteiger partial charge >= 0.3 is 0 Å². The zero-order valence-electron chi connectivity index (χ0n) is 16.5. The van der Waals surface area contributed by atoms with E-state index < -0.39 is 16.7 Å². The van der Waals surface area contributed by atoms with Crippen LogP contribution in [-0.2, 0) is 14.3 Å². The van der Waals surface area contributed by atoms with Crippen molar-refractivity contribution in [3.8, 4) is 0 Å². The zero-order chi connectivity index (χ0) is 21.8. The summed E-state index contributed by atoms with van der Waals surface area (Å²) in [6, 6.07) is 10.7. The van der Waals surface area contributed by atoms with Crippen LogP contribution in [0.25, 0.3) is 5.57 Å². The summed E-state index contributed by atoms with van der Waals surface area (Å²) in [6.07, 6.45) is 0.495. The molecule has 3 rings (SSSR count). The number of hydrogen-bond donors (Lipinski definition) is 1. The number of ether oxygens (including phenoxy) is 1. The van der Waals surface area contributed by atoms with Crippen molar-refractivity contribution >= 4 is 40.4 Å². The van der Waals surface area contributed by atoms with Gasteiger partial charge in [0.05, 0.1) is 10.5 Å². The van der Waals surface area contributed by atoms with Crippen molar-refractivity contribution < 1.29 is 19.2 Å². The smallest absolute Gasteiger partial charge is 0.278 e. The van der Waals surface area contributed by atoms with Gasteiger partial charge in [0.15, 0.2) is 0 Å². The Balaban J connectivity index is 2.02. The van der Waals surface area contributed by atoms with Crippen molar-refractivity contribution in [1.82, 2.24) is 4.90 Å². The Labute approximate surface area is 178 Å². The first-order chi connectivity index (χ1) is 14.3. The lowest BCUT2D eigenvalue weighted by molar-refractivity contribution is -0.384. The highest BCUT2D eigenvalue weighted by molar-refractivity contribution is 6.36. The predicted molar refractivity (Wildman–Crippen MR) is 113 cm³/mol. The molecule has 0 spiro atoms. The van der Waals surface area contributed by atoms with Gasteiger partial charge in [-0.1, -0.05) is 11.6 Å². The maximum Gasteiger partial charge on any atom is 0.278 e. The lowest BCUT2D eigenvalue weighted by Crippen LogP contribution is -2.34. The number of halogens is 1. The fourth-order valence-electron chi connectivity index (χ4n) is 3.18. The number of carbonyl (C=O) groups is 2. The van der Waals surface area contributed by atoms with Gasteiger partial charge in [0.1, 0.15) is 5.70 Å². The highest BCUT2D eigenvalue weighted by atomic mass is 35.5. The van der Waals surface area contributed by atoms with Crippen LogP contribution in [0.3, 0.4) is 0 Å². The van der Waals surface area contributed by atoms with E-state index in [1.807, 2.05) is 6.92 Å². The maximum absolute atomic E-state index is 13.1. The molecule has 1 heterocycles. The van der Waals surface area contributed by atoms with Crippen LogP contribution in [0.5, 0.6) is 0 Å². The molecule has 8 nitrogen and oxygen atoms in total. The Morgan fingerprint density at radius 1 is 1.13 bits per heavy atom. The van der Waals surface area contributed by atoms with Crippen LogP contribution in [0.4, 0.5) is 11.4 Å². The van der Waals surface area contributed by atoms with Gasteiger partial charge < -0.3 is 10.1 Å². The summed E-state index contributed by atoms with van der Waals surface area (Å²) in [5.41, 5.74) is 2.04. The molecule has 1 N–H and O–H groups in total. The molecular weight excluding hydrogens is 410 g/mol. The van der Waals surface area contributed by atoms with E-state index >= 15 is 0 Å². The first-order valence-corrected chi connectivity index (χ1v) is 9.58. The summed E-state index contributed by atoms with van der Waals surface area (Å²) in [5.74, 6) is -0.919. The van der Waals surface area contributed by atoms with Gasteiger partial charge in [0, 0.05) is 43.1 Å². The number of methoxy groups -OCH3 is 1. The number of rotatable bonds is 8. The fraction of sp³-hybridized carbons (Fsp3) is 0.238. The highest BCUT2D eigenvalue weighted by Gasteiger charge is 2.39. The maximum atomic E-state index is 13.1. The van der Waals surface area contributed by atoms with Crippen LogP contribution in [0.2, 0.25) is 5.02 Å². The number of non-ortho nitro benzene ring substituents is 1. The number of benzene rings is 2. The summed E-state index contributed by atoms with van der Waals surface area (Å²) in [7, 11) is 1.55. The van der Waals surface area contributed by atoms with Crippen LogP contribution in [0.1, 0.15) is 17.5 Å². The Morgan fingerprint density at radius 3 is 2.43 bits per heavy atom. The molecule has 0 bridgehead atoms. The average Bonchev–Trinajstić information content (AvgIpc) is 2.94. The molecule has 1 aliphatic heterocycles. The van der Waals surface area contributed by atoms with Gasteiger partial charge in [0.2, 0.25) is 0 Å². The van der Waals surface area contributed by atoms with Gasteiger partial charge in [0.25, 0.3) is 17.5 Å². The monoisotopic (exact) mass is 429 g/mol. The number of amides is 2. The first kappa shape index (κ1) is 21.5. The number of anilines is 1. The molecule has 156 valence electrons. The number of aryl methyl sites for hydroxylation is 1. The Bertz CT molecular complexity index is 1030. The summed E-state index contributed by atoms with van der Waals surface area (Å²) >= 11 is 6.01. The second-order valence-corrected chi connectivity index (χ2v) is 7.18. The number of carbonyl (C=O) groups excluding carboxylic acids is 2. The molecule has 0 saturated carbocycles. The lowest BCUT2D eigenvalue weighted by Gasteiger charge is -2.15. The molecule has 2 aromatic carbocycles. The quantitative estimate of drug-likeness (QED) is 0.296. The molecule has 2 aromatic rings. The minimum absolute atomic E-state index is 0.101. The molecule has 30 heavy (non-hydrogen) atoms. The summed E-state index contributed by atoms with van der Waals surface area (Å²) in [5, 5.41) is 14.6. The van der Waals surface area contributed by atoms with Crippen molar-refractivity contribution in [2.75, 3.05) is 25.6 Å². The van der Waals surface area contributed by atoms with E-state index in [1.165, 1.54) is 24.3 Å². The predicted octanol–water partition coefficient (Wildman–Crippen LogP) is 3.79. The van der Waals surface area contributed by atoms with Crippen molar-refractivity contribution in [3.63, 3.8) is 0 Å². The lowest BCUT2D eigenvalue weighted by atomic mass is 10.0. The molecule has 9 heteroatoms. The van der Waals surface area contributed by atoms with E-state index in [0.717, 1.165) is 10.5 Å². The van der Waals surface area contributed by atoms with Gasteiger partial charge in [-0.3, -0.25) is 24.6 Å². The molecular formula is C21H20ClN3O5. The number of hydrogen-bond acceptors (Lipinski definition) is 6. The molecule has 0 aliphatic carbocycles. The number of nitrogens with one attached hydrogen (secondary N) is 1. The second-order valence-electron chi connectivity index (χ2n) is 6.75. The van der Waals surface area contributed by atoms with E-state index in [-0.39, 0.29) is 23.5 Å². The molecule has 0 fully saturated rings. The first-order valence-electron chi connectivity index (χ1n) is 9.21. The van der Waals surface area contributed by atoms with Crippen LogP contribution < -0.4 is 5.32 Å².